The van der Waals surface area contributed by atoms with Gasteiger partial charge in [-0.1, -0.05) is 42.5 Å². The lowest BCUT2D eigenvalue weighted by atomic mass is 9.94. The van der Waals surface area contributed by atoms with Gasteiger partial charge in [-0.3, -0.25) is 9.69 Å². The molecule has 0 aliphatic carbocycles. The highest BCUT2D eigenvalue weighted by Crippen LogP contribution is 2.31. The van der Waals surface area contributed by atoms with E-state index in [4.69, 9.17) is 9.47 Å². The normalized spacial score (nSPS) is 26.4. The first-order valence-corrected chi connectivity index (χ1v) is 12.3. The second-order valence-electron chi connectivity index (χ2n) is 9.66. The van der Waals surface area contributed by atoms with Gasteiger partial charge in [-0.05, 0) is 43.0 Å². The molecule has 0 spiro atoms. The molecule has 9 heteroatoms. The first kappa shape index (κ1) is 26.6. The number of carbonyl (C=O) groups is 1. The molecule has 2 aliphatic heterocycles. The SMILES string of the molecule is C[C@@H](NC(=O)C[C@@H]1CC[C@@H]2[C@H](COC[C@@H](O)CN2Cc2ccc(C(F)(F)F)cc2)O1)c1ccccc1. The molecular weight excluding hydrogens is 473 g/mol. The van der Waals surface area contributed by atoms with E-state index in [1.165, 1.54) is 12.1 Å². The standard InChI is InChI=1S/C27H33F3N2O4/c1-18(20-5-3-2-4-6-20)31-26(34)13-23-11-12-24-25(36-23)17-35-16-22(33)15-32(24)14-19-7-9-21(10-8-19)27(28,29)30/h2-10,18,22-25,33H,11-17H2,1H3,(H,31,34)/t18-,22+,23+,24-,25+/m1/s1. The van der Waals surface area contributed by atoms with Crippen molar-refractivity contribution < 1.29 is 32.5 Å². The number of β-amino-alcohol motifs (C(OH)–C–C–N with tert-alkyl or cyclic N) is 1. The molecule has 4 rings (SSSR count). The number of nitrogens with zero attached hydrogens (tertiary/aromatic N) is 1. The van der Waals surface area contributed by atoms with Crippen LogP contribution in [0.3, 0.4) is 0 Å². The number of hydrogen-bond donors (Lipinski definition) is 2. The molecule has 2 fully saturated rings. The molecule has 2 N–H and O–H groups in total. The van der Waals surface area contributed by atoms with Crippen LogP contribution in [0.15, 0.2) is 54.6 Å². The van der Waals surface area contributed by atoms with Crippen LogP contribution in [-0.2, 0) is 27.0 Å². The van der Waals surface area contributed by atoms with Crippen molar-refractivity contribution in [1.82, 2.24) is 10.2 Å². The Labute approximate surface area is 209 Å². The van der Waals surface area contributed by atoms with Crippen molar-refractivity contribution in [2.75, 3.05) is 19.8 Å². The van der Waals surface area contributed by atoms with Crippen LogP contribution in [0.5, 0.6) is 0 Å². The number of aliphatic hydroxyl groups excluding tert-OH is 1. The lowest BCUT2D eigenvalue weighted by Gasteiger charge is -2.44. The largest absolute Gasteiger partial charge is 0.416 e. The van der Waals surface area contributed by atoms with Crippen molar-refractivity contribution in [3.05, 3.63) is 71.3 Å². The topological polar surface area (TPSA) is 71.0 Å². The van der Waals surface area contributed by atoms with Gasteiger partial charge >= 0.3 is 6.18 Å². The zero-order valence-corrected chi connectivity index (χ0v) is 20.3. The highest BCUT2D eigenvalue weighted by Gasteiger charge is 2.38. The Hall–Kier alpha value is -2.46. The Kier molecular flexibility index (Phi) is 8.66. The average molecular weight is 507 g/mol. The molecule has 0 saturated carbocycles. The van der Waals surface area contributed by atoms with E-state index in [1.807, 2.05) is 37.3 Å². The fourth-order valence-electron chi connectivity index (χ4n) is 4.99. The van der Waals surface area contributed by atoms with Crippen molar-refractivity contribution in [2.24, 2.45) is 0 Å². The van der Waals surface area contributed by atoms with Crippen molar-refractivity contribution in [2.45, 2.75) is 69.3 Å². The molecule has 0 aromatic heterocycles. The van der Waals surface area contributed by atoms with E-state index in [9.17, 15) is 23.1 Å². The third-order valence-corrected chi connectivity index (χ3v) is 6.84. The van der Waals surface area contributed by atoms with Crippen LogP contribution in [0, 0.1) is 0 Å². The molecule has 1 amide bonds. The maximum Gasteiger partial charge on any atom is 0.416 e. The maximum absolute atomic E-state index is 12.9. The molecule has 6 nitrogen and oxygen atoms in total. The number of halogens is 3. The zero-order valence-electron chi connectivity index (χ0n) is 20.3. The van der Waals surface area contributed by atoms with Crippen molar-refractivity contribution >= 4 is 5.91 Å². The predicted molar refractivity (Wildman–Crippen MR) is 128 cm³/mol. The average Bonchev–Trinajstić information content (AvgIpc) is 2.83. The summed E-state index contributed by atoms with van der Waals surface area (Å²) in [5, 5.41) is 13.4. The Morgan fingerprint density at radius 1 is 1.11 bits per heavy atom. The summed E-state index contributed by atoms with van der Waals surface area (Å²) in [5.74, 6) is -0.0846. The lowest BCUT2D eigenvalue weighted by Crippen LogP contribution is -2.55. The van der Waals surface area contributed by atoms with Gasteiger partial charge in [-0.2, -0.15) is 13.2 Å². The number of hydrogen-bond acceptors (Lipinski definition) is 5. The van der Waals surface area contributed by atoms with Crippen LogP contribution in [-0.4, -0.2) is 60.0 Å². The number of ether oxygens (including phenoxy) is 2. The Morgan fingerprint density at radius 2 is 1.83 bits per heavy atom. The van der Waals surface area contributed by atoms with Gasteiger partial charge in [0.1, 0.15) is 0 Å². The fraction of sp³-hybridized carbons (Fsp3) is 0.519. The monoisotopic (exact) mass is 506 g/mol. The first-order chi connectivity index (χ1) is 17.2. The number of amides is 1. The molecule has 36 heavy (non-hydrogen) atoms. The smallest absolute Gasteiger partial charge is 0.389 e. The van der Waals surface area contributed by atoms with Crippen LogP contribution in [0.4, 0.5) is 13.2 Å². The molecule has 2 aromatic rings. The van der Waals surface area contributed by atoms with E-state index >= 15 is 0 Å². The van der Waals surface area contributed by atoms with E-state index in [-0.39, 0.29) is 49.8 Å². The van der Waals surface area contributed by atoms with E-state index in [0.29, 0.717) is 19.5 Å². The van der Waals surface area contributed by atoms with Crippen LogP contribution >= 0.6 is 0 Å². The minimum atomic E-state index is -4.38. The summed E-state index contributed by atoms with van der Waals surface area (Å²) >= 11 is 0. The van der Waals surface area contributed by atoms with E-state index < -0.39 is 17.8 Å². The summed E-state index contributed by atoms with van der Waals surface area (Å²) in [6.45, 7) is 3.09. The second kappa shape index (κ2) is 11.7. The highest BCUT2D eigenvalue weighted by atomic mass is 19.4. The predicted octanol–water partition coefficient (Wildman–Crippen LogP) is 4.08. The number of benzene rings is 2. The fourth-order valence-corrected chi connectivity index (χ4v) is 4.99. The molecular formula is C27H33F3N2O4. The molecule has 2 heterocycles. The number of nitrogens with one attached hydrogen (secondary N) is 1. The highest BCUT2D eigenvalue weighted by molar-refractivity contribution is 5.77. The third kappa shape index (κ3) is 7.06. The number of rotatable bonds is 6. The molecule has 2 aliphatic rings. The summed E-state index contributed by atoms with van der Waals surface area (Å²) < 4.78 is 50.7. The van der Waals surface area contributed by atoms with E-state index in [0.717, 1.165) is 29.7 Å². The molecule has 2 saturated heterocycles. The van der Waals surface area contributed by atoms with Gasteiger partial charge < -0.3 is 19.9 Å². The van der Waals surface area contributed by atoms with E-state index in [2.05, 4.69) is 10.2 Å². The maximum atomic E-state index is 12.9. The van der Waals surface area contributed by atoms with Gasteiger partial charge in [0.2, 0.25) is 5.91 Å². The third-order valence-electron chi connectivity index (χ3n) is 6.84. The number of fused-ring (bicyclic) bond motifs is 1. The minimum absolute atomic E-state index is 0.0789. The van der Waals surface area contributed by atoms with Gasteiger partial charge in [0.05, 0.1) is 49.6 Å². The molecule has 2 aromatic carbocycles. The molecule has 0 radical (unpaired) electrons. The van der Waals surface area contributed by atoms with Crippen molar-refractivity contribution in [1.29, 1.82) is 0 Å². The Balaban J connectivity index is 1.37. The summed E-state index contributed by atoms with van der Waals surface area (Å²) in [4.78, 5) is 14.7. The molecule has 0 bridgehead atoms. The van der Waals surface area contributed by atoms with Gasteiger partial charge in [-0.25, -0.2) is 0 Å². The van der Waals surface area contributed by atoms with Gasteiger partial charge in [0, 0.05) is 19.1 Å². The summed E-state index contributed by atoms with van der Waals surface area (Å²) in [7, 11) is 0. The zero-order chi connectivity index (χ0) is 25.7. The number of aliphatic hydroxyl groups is 1. The Morgan fingerprint density at radius 3 is 2.53 bits per heavy atom. The number of alkyl halides is 3. The van der Waals surface area contributed by atoms with Crippen molar-refractivity contribution in [3.8, 4) is 0 Å². The first-order valence-electron chi connectivity index (χ1n) is 12.3. The van der Waals surface area contributed by atoms with Crippen LogP contribution in [0.1, 0.15) is 48.9 Å². The van der Waals surface area contributed by atoms with E-state index in [1.54, 1.807) is 0 Å². The minimum Gasteiger partial charge on any atom is -0.389 e. The van der Waals surface area contributed by atoms with Crippen LogP contribution < -0.4 is 5.32 Å². The van der Waals surface area contributed by atoms with Gasteiger partial charge in [0.25, 0.3) is 0 Å². The summed E-state index contributed by atoms with van der Waals surface area (Å²) in [6, 6.07) is 14.7. The summed E-state index contributed by atoms with van der Waals surface area (Å²) in [6.07, 6.45) is -4.01. The second-order valence-corrected chi connectivity index (χ2v) is 9.66. The molecule has 196 valence electrons. The van der Waals surface area contributed by atoms with Crippen LogP contribution in [0.25, 0.3) is 0 Å². The molecule has 5 atom stereocenters. The van der Waals surface area contributed by atoms with Gasteiger partial charge in [0.15, 0.2) is 0 Å². The number of carbonyl (C=O) groups excluding carboxylic acids is 1. The van der Waals surface area contributed by atoms with Crippen LogP contribution in [0.2, 0.25) is 0 Å². The Bertz CT molecular complexity index is 987. The quantitative estimate of drug-likeness (QED) is 0.618. The van der Waals surface area contributed by atoms with Gasteiger partial charge in [-0.15, -0.1) is 0 Å². The molecule has 0 unspecified atom stereocenters. The summed E-state index contributed by atoms with van der Waals surface area (Å²) in [5.41, 5.74) is 1.07. The van der Waals surface area contributed by atoms with Crippen molar-refractivity contribution in [3.63, 3.8) is 0 Å². The lowest BCUT2D eigenvalue weighted by molar-refractivity contribution is -0.158.